The average Bonchev–Trinajstić information content (AvgIpc) is 2.40. The highest BCUT2D eigenvalue weighted by Gasteiger charge is 2.19. The van der Waals surface area contributed by atoms with Crippen LogP contribution < -0.4 is 10.5 Å². The van der Waals surface area contributed by atoms with Crippen LogP contribution >= 0.6 is 0 Å². The van der Waals surface area contributed by atoms with Crippen molar-refractivity contribution < 1.29 is 13.3 Å². The summed E-state index contributed by atoms with van der Waals surface area (Å²) in [6.45, 7) is 1.48. The van der Waals surface area contributed by atoms with E-state index in [-0.39, 0.29) is 21.8 Å². The molecule has 0 heterocycles. The minimum absolute atomic E-state index is 0.00611. The third-order valence-corrected chi connectivity index (χ3v) is 4.28. The van der Waals surface area contributed by atoms with Gasteiger partial charge < -0.3 is 5.73 Å². The summed E-state index contributed by atoms with van der Waals surface area (Å²) in [6.07, 6.45) is 0. The molecule has 0 aromatic heterocycles. The highest BCUT2D eigenvalue weighted by molar-refractivity contribution is 7.92. The van der Waals surface area contributed by atoms with Crippen molar-refractivity contribution in [3.05, 3.63) is 58.1 Å². The van der Waals surface area contributed by atoms with E-state index < -0.39 is 14.9 Å². The van der Waals surface area contributed by atoms with Gasteiger partial charge in [0.15, 0.2) is 0 Å². The van der Waals surface area contributed by atoms with E-state index in [0.29, 0.717) is 5.69 Å². The number of hydrogen-bond acceptors (Lipinski definition) is 5. The number of nitrogens with two attached hydrogens (primary N) is 1. The first-order chi connectivity index (χ1) is 9.81. The maximum atomic E-state index is 12.3. The quantitative estimate of drug-likeness (QED) is 0.511. The third-order valence-electron chi connectivity index (χ3n) is 2.91. The monoisotopic (exact) mass is 307 g/mol. The molecule has 0 radical (unpaired) electrons. The van der Waals surface area contributed by atoms with Gasteiger partial charge in [-0.1, -0.05) is 12.1 Å². The second kappa shape index (κ2) is 5.41. The van der Waals surface area contributed by atoms with Crippen LogP contribution in [0.1, 0.15) is 5.56 Å². The minimum atomic E-state index is -3.85. The van der Waals surface area contributed by atoms with Gasteiger partial charge >= 0.3 is 0 Å². The maximum absolute atomic E-state index is 12.3. The van der Waals surface area contributed by atoms with Gasteiger partial charge in [0, 0.05) is 11.8 Å². The molecule has 0 fully saturated rings. The van der Waals surface area contributed by atoms with Gasteiger partial charge in [0.05, 0.1) is 21.1 Å². The van der Waals surface area contributed by atoms with E-state index in [0.717, 1.165) is 0 Å². The van der Waals surface area contributed by atoms with E-state index in [1.54, 1.807) is 6.07 Å². The summed E-state index contributed by atoms with van der Waals surface area (Å²) >= 11 is 0. The summed E-state index contributed by atoms with van der Waals surface area (Å²) in [5, 5.41) is 10.9. The molecule has 7 nitrogen and oxygen atoms in total. The molecule has 0 aliphatic carbocycles. The van der Waals surface area contributed by atoms with E-state index in [2.05, 4.69) is 4.72 Å². The fourth-order valence-electron chi connectivity index (χ4n) is 1.82. The van der Waals surface area contributed by atoms with Gasteiger partial charge in [-0.15, -0.1) is 0 Å². The Morgan fingerprint density at radius 2 is 1.86 bits per heavy atom. The smallest absolute Gasteiger partial charge is 0.274 e. The molecule has 0 saturated carbocycles. The van der Waals surface area contributed by atoms with E-state index in [1.165, 1.54) is 43.3 Å². The number of nitrogens with zero attached hydrogens (tertiary/aromatic N) is 1. The molecule has 0 spiro atoms. The number of sulfonamides is 1. The number of anilines is 2. The first kappa shape index (κ1) is 14.8. The number of benzene rings is 2. The average molecular weight is 307 g/mol. The predicted molar refractivity (Wildman–Crippen MR) is 79.5 cm³/mol. The highest BCUT2D eigenvalue weighted by Crippen LogP contribution is 2.27. The second-order valence-electron chi connectivity index (χ2n) is 4.38. The SMILES string of the molecule is Cc1c(NS(=O)(=O)c2cccc(N)c2)cccc1[N+](=O)[O-]. The van der Waals surface area contributed by atoms with Gasteiger partial charge in [0.1, 0.15) is 0 Å². The van der Waals surface area contributed by atoms with Gasteiger partial charge in [-0.05, 0) is 31.2 Å². The van der Waals surface area contributed by atoms with Gasteiger partial charge in [-0.25, -0.2) is 8.42 Å². The van der Waals surface area contributed by atoms with E-state index in [1.807, 2.05) is 0 Å². The van der Waals surface area contributed by atoms with Crippen LogP contribution in [0.3, 0.4) is 0 Å². The summed E-state index contributed by atoms with van der Waals surface area (Å²) in [5.41, 5.74) is 6.13. The van der Waals surface area contributed by atoms with Crippen LogP contribution in [-0.4, -0.2) is 13.3 Å². The Bertz CT molecular complexity index is 803. The fourth-order valence-corrected chi connectivity index (χ4v) is 2.99. The molecular weight excluding hydrogens is 294 g/mol. The first-order valence-corrected chi connectivity index (χ1v) is 7.42. The Morgan fingerprint density at radius 1 is 1.19 bits per heavy atom. The maximum Gasteiger partial charge on any atom is 0.274 e. The number of rotatable bonds is 4. The van der Waals surface area contributed by atoms with Crippen LogP contribution in [-0.2, 0) is 10.0 Å². The van der Waals surface area contributed by atoms with Crippen molar-refractivity contribution in [2.45, 2.75) is 11.8 Å². The van der Waals surface area contributed by atoms with Crippen molar-refractivity contribution in [1.29, 1.82) is 0 Å². The van der Waals surface area contributed by atoms with Crippen LogP contribution in [0.25, 0.3) is 0 Å². The Balaban J connectivity index is 2.42. The van der Waals surface area contributed by atoms with Crippen LogP contribution in [0.2, 0.25) is 0 Å². The lowest BCUT2D eigenvalue weighted by Gasteiger charge is -2.11. The van der Waals surface area contributed by atoms with Crippen molar-refractivity contribution in [2.24, 2.45) is 0 Å². The molecule has 3 N–H and O–H groups in total. The Labute approximate surface area is 121 Å². The number of nitrogens with one attached hydrogen (secondary N) is 1. The van der Waals surface area contributed by atoms with Gasteiger partial charge in [-0.2, -0.15) is 0 Å². The zero-order chi connectivity index (χ0) is 15.6. The van der Waals surface area contributed by atoms with Gasteiger partial charge in [0.25, 0.3) is 15.7 Å². The second-order valence-corrected chi connectivity index (χ2v) is 6.07. The Hall–Kier alpha value is -2.61. The summed E-state index contributed by atoms with van der Waals surface area (Å²) in [5.74, 6) is 0. The van der Waals surface area contributed by atoms with E-state index in [9.17, 15) is 18.5 Å². The zero-order valence-corrected chi connectivity index (χ0v) is 11.9. The molecule has 2 aromatic rings. The van der Waals surface area contributed by atoms with Crippen LogP contribution in [0.15, 0.2) is 47.4 Å². The van der Waals surface area contributed by atoms with Gasteiger partial charge in [0.2, 0.25) is 0 Å². The normalized spacial score (nSPS) is 11.1. The number of hydrogen-bond donors (Lipinski definition) is 2. The molecule has 2 aromatic carbocycles. The molecule has 0 aliphatic heterocycles. The lowest BCUT2D eigenvalue weighted by molar-refractivity contribution is -0.385. The molecule has 0 unspecified atom stereocenters. The number of nitrogen functional groups attached to an aromatic ring is 1. The molecule has 21 heavy (non-hydrogen) atoms. The van der Waals surface area contributed by atoms with E-state index >= 15 is 0 Å². The van der Waals surface area contributed by atoms with Crippen LogP contribution in [0.4, 0.5) is 17.1 Å². The molecule has 8 heteroatoms. The molecule has 2 rings (SSSR count). The fraction of sp³-hybridized carbons (Fsp3) is 0.0769. The van der Waals surface area contributed by atoms with Crippen molar-refractivity contribution in [3.63, 3.8) is 0 Å². The van der Waals surface area contributed by atoms with Crippen LogP contribution in [0.5, 0.6) is 0 Å². The molecular formula is C13H13N3O4S. The summed E-state index contributed by atoms with van der Waals surface area (Å²) < 4.78 is 26.8. The lowest BCUT2D eigenvalue weighted by atomic mass is 10.2. The van der Waals surface area contributed by atoms with E-state index in [4.69, 9.17) is 5.73 Å². The summed E-state index contributed by atoms with van der Waals surface area (Å²) in [4.78, 5) is 10.3. The van der Waals surface area contributed by atoms with Gasteiger partial charge in [-0.3, -0.25) is 14.8 Å². The molecule has 0 bridgehead atoms. The Morgan fingerprint density at radius 3 is 2.48 bits per heavy atom. The van der Waals surface area contributed by atoms with Crippen molar-refractivity contribution in [2.75, 3.05) is 10.5 Å². The molecule has 0 saturated heterocycles. The third kappa shape index (κ3) is 3.11. The van der Waals surface area contributed by atoms with Crippen molar-refractivity contribution in [3.8, 4) is 0 Å². The largest absolute Gasteiger partial charge is 0.399 e. The first-order valence-electron chi connectivity index (χ1n) is 5.93. The number of nitro benzene ring substituents is 1. The topological polar surface area (TPSA) is 115 Å². The Kier molecular flexibility index (Phi) is 3.81. The van der Waals surface area contributed by atoms with Crippen molar-refractivity contribution >= 4 is 27.1 Å². The van der Waals surface area contributed by atoms with Crippen LogP contribution in [0, 0.1) is 17.0 Å². The molecule has 0 atom stereocenters. The number of nitro groups is 1. The molecule has 0 aliphatic rings. The standard InChI is InChI=1S/C13H13N3O4S/c1-9-12(6-3-7-13(9)16(17)18)15-21(19,20)11-5-2-4-10(14)8-11/h2-8,15H,14H2,1H3. The summed E-state index contributed by atoms with van der Waals surface area (Å²) in [7, 11) is -3.85. The highest BCUT2D eigenvalue weighted by atomic mass is 32.2. The predicted octanol–water partition coefficient (Wildman–Crippen LogP) is 2.29. The molecule has 110 valence electrons. The van der Waals surface area contributed by atoms with Crippen molar-refractivity contribution in [1.82, 2.24) is 0 Å². The summed E-state index contributed by atoms with van der Waals surface area (Å²) in [6, 6.07) is 9.99. The lowest BCUT2D eigenvalue weighted by Crippen LogP contribution is -2.14. The minimum Gasteiger partial charge on any atom is -0.399 e. The zero-order valence-electron chi connectivity index (χ0n) is 11.1. The molecule has 0 amide bonds.